The van der Waals surface area contributed by atoms with Gasteiger partial charge in [0, 0.05) is 13.1 Å². The highest BCUT2D eigenvalue weighted by atomic mass is 32.2. The minimum atomic E-state index is -3.05. The molecule has 0 aliphatic carbocycles. The molecule has 92 valence electrons. The maximum Gasteiger partial charge on any atom is 0.212 e. The third kappa shape index (κ3) is 10.5. The Bertz CT molecular complexity index is 230. The molecule has 0 aromatic carbocycles. The highest BCUT2D eigenvalue weighted by Crippen LogP contribution is 1.97. The summed E-state index contributed by atoms with van der Waals surface area (Å²) in [5.74, 6) is 1.35. The standard InChI is InChI=1S/C9H22N2O2S2/c1-3-11-15(12,13)9-7-10-6-4-5-8-14-2/h10-11H,3-9H2,1-2H3. The van der Waals surface area contributed by atoms with Crippen molar-refractivity contribution < 1.29 is 8.42 Å². The van der Waals surface area contributed by atoms with Crippen molar-refractivity contribution in [3.63, 3.8) is 0 Å². The van der Waals surface area contributed by atoms with E-state index in [0.717, 1.165) is 13.0 Å². The fourth-order valence-electron chi connectivity index (χ4n) is 1.12. The van der Waals surface area contributed by atoms with E-state index in [1.807, 2.05) is 11.8 Å². The van der Waals surface area contributed by atoms with Crippen molar-refractivity contribution in [2.24, 2.45) is 0 Å². The highest BCUT2D eigenvalue weighted by Gasteiger charge is 2.06. The first-order chi connectivity index (χ1) is 7.12. The number of rotatable bonds is 10. The van der Waals surface area contributed by atoms with Crippen LogP contribution in [0.1, 0.15) is 19.8 Å². The van der Waals surface area contributed by atoms with E-state index in [0.29, 0.717) is 13.1 Å². The van der Waals surface area contributed by atoms with Gasteiger partial charge in [0.25, 0.3) is 0 Å². The lowest BCUT2D eigenvalue weighted by Gasteiger charge is -2.05. The first-order valence-electron chi connectivity index (χ1n) is 5.29. The third-order valence-corrected chi connectivity index (χ3v) is 4.03. The van der Waals surface area contributed by atoms with Crippen LogP contribution < -0.4 is 10.0 Å². The number of hydrogen-bond acceptors (Lipinski definition) is 4. The zero-order valence-electron chi connectivity index (χ0n) is 9.58. The molecule has 0 fully saturated rings. The van der Waals surface area contributed by atoms with Gasteiger partial charge >= 0.3 is 0 Å². The molecule has 0 radical (unpaired) electrons. The van der Waals surface area contributed by atoms with E-state index >= 15 is 0 Å². The molecule has 4 nitrogen and oxygen atoms in total. The first kappa shape index (κ1) is 15.2. The van der Waals surface area contributed by atoms with Crippen molar-refractivity contribution in [3.05, 3.63) is 0 Å². The molecular weight excluding hydrogens is 232 g/mol. The second-order valence-corrected chi connectivity index (χ2v) is 6.18. The molecule has 0 aromatic rings. The number of unbranched alkanes of at least 4 members (excludes halogenated alkanes) is 1. The number of nitrogens with one attached hydrogen (secondary N) is 2. The van der Waals surface area contributed by atoms with Crippen LogP contribution in [0.5, 0.6) is 0 Å². The summed E-state index contributed by atoms with van der Waals surface area (Å²) in [5.41, 5.74) is 0. The van der Waals surface area contributed by atoms with Gasteiger partial charge in [-0.25, -0.2) is 13.1 Å². The maximum absolute atomic E-state index is 11.2. The fraction of sp³-hybridized carbons (Fsp3) is 1.00. The predicted molar refractivity (Wildman–Crippen MR) is 67.9 cm³/mol. The Kier molecular flexibility index (Phi) is 9.58. The molecule has 0 aliphatic heterocycles. The van der Waals surface area contributed by atoms with E-state index < -0.39 is 10.0 Å². The van der Waals surface area contributed by atoms with Crippen molar-refractivity contribution in [1.82, 2.24) is 10.0 Å². The molecule has 6 heteroatoms. The van der Waals surface area contributed by atoms with Crippen LogP contribution >= 0.6 is 11.8 Å². The smallest absolute Gasteiger partial charge is 0.212 e. The van der Waals surface area contributed by atoms with E-state index in [9.17, 15) is 8.42 Å². The summed E-state index contributed by atoms with van der Waals surface area (Å²) in [6, 6.07) is 0. The average molecular weight is 254 g/mol. The van der Waals surface area contributed by atoms with Crippen LogP contribution in [0.3, 0.4) is 0 Å². The zero-order valence-corrected chi connectivity index (χ0v) is 11.2. The van der Waals surface area contributed by atoms with Gasteiger partial charge in [-0.3, -0.25) is 0 Å². The summed E-state index contributed by atoms with van der Waals surface area (Å²) in [4.78, 5) is 0. The number of hydrogen-bond donors (Lipinski definition) is 2. The normalized spacial score (nSPS) is 11.9. The van der Waals surface area contributed by atoms with Crippen molar-refractivity contribution in [1.29, 1.82) is 0 Å². The molecule has 0 rings (SSSR count). The van der Waals surface area contributed by atoms with Gasteiger partial charge in [-0.15, -0.1) is 0 Å². The zero-order chi connectivity index (χ0) is 11.6. The third-order valence-electron chi connectivity index (χ3n) is 1.86. The minimum Gasteiger partial charge on any atom is -0.316 e. The number of sulfonamides is 1. The molecule has 0 heterocycles. The summed E-state index contributed by atoms with van der Waals surface area (Å²) in [6.45, 7) is 3.69. The fourth-order valence-corrected chi connectivity index (χ4v) is 2.61. The van der Waals surface area contributed by atoms with Crippen molar-refractivity contribution in [2.45, 2.75) is 19.8 Å². The molecule has 0 spiro atoms. The van der Waals surface area contributed by atoms with Gasteiger partial charge in [-0.05, 0) is 31.4 Å². The second-order valence-electron chi connectivity index (χ2n) is 3.27. The molecule has 0 amide bonds. The lowest BCUT2D eigenvalue weighted by Crippen LogP contribution is -2.32. The lowest BCUT2D eigenvalue weighted by molar-refractivity contribution is 0.577. The van der Waals surface area contributed by atoms with Crippen LogP contribution in [0.2, 0.25) is 0 Å². The summed E-state index contributed by atoms with van der Waals surface area (Å²) < 4.78 is 24.9. The average Bonchev–Trinajstić information content (AvgIpc) is 2.16. The summed E-state index contributed by atoms with van der Waals surface area (Å²) in [6.07, 6.45) is 4.40. The summed E-state index contributed by atoms with van der Waals surface area (Å²) in [7, 11) is -3.05. The summed E-state index contributed by atoms with van der Waals surface area (Å²) >= 11 is 1.84. The molecule has 0 saturated heterocycles. The second kappa shape index (κ2) is 9.45. The van der Waals surface area contributed by atoms with Gasteiger partial charge in [0.2, 0.25) is 10.0 Å². The Labute approximate surface area is 97.6 Å². The van der Waals surface area contributed by atoms with Crippen LogP contribution in [0.25, 0.3) is 0 Å². The SMILES string of the molecule is CCNS(=O)(=O)CCNCCCCSC. The van der Waals surface area contributed by atoms with E-state index in [1.54, 1.807) is 6.92 Å². The van der Waals surface area contributed by atoms with Crippen molar-refractivity contribution in [2.75, 3.05) is 37.4 Å². The van der Waals surface area contributed by atoms with Crippen LogP contribution in [-0.2, 0) is 10.0 Å². The molecule has 0 aliphatic rings. The molecule has 15 heavy (non-hydrogen) atoms. The van der Waals surface area contributed by atoms with Crippen molar-refractivity contribution >= 4 is 21.8 Å². The predicted octanol–water partition coefficient (Wildman–Crippen LogP) is 0.658. The largest absolute Gasteiger partial charge is 0.316 e. The topological polar surface area (TPSA) is 58.2 Å². The molecule has 0 bridgehead atoms. The van der Waals surface area contributed by atoms with Gasteiger partial charge in [0.15, 0.2) is 0 Å². The quantitative estimate of drug-likeness (QED) is 0.562. The molecule has 0 unspecified atom stereocenters. The molecule has 2 N–H and O–H groups in total. The van der Waals surface area contributed by atoms with Gasteiger partial charge < -0.3 is 5.32 Å². The Morgan fingerprint density at radius 3 is 2.53 bits per heavy atom. The maximum atomic E-state index is 11.2. The minimum absolute atomic E-state index is 0.170. The monoisotopic (exact) mass is 254 g/mol. The van der Waals surface area contributed by atoms with Gasteiger partial charge in [0.1, 0.15) is 0 Å². The van der Waals surface area contributed by atoms with Gasteiger partial charge in [0.05, 0.1) is 5.75 Å². The Morgan fingerprint density at radius 2 is 1.93 bits per heavy atom. The Balaban J connectivity index is 3.31. The highest BCUT2D eigenvalue weighted by molar-refractivity contribution is 7.98. The van der Waals surface area contributed by atoms with E-state index in [-0.39, 0.29) is 5.75 Å². The lowest BCUT2D eigenvalue weighted by atomic mass is 10.3. The van der Waals surface area contributed by atoms with Crippen LogP contribution in [0, 0.1) is 0 Å². The molecule has 0 atom stereocenters. The van der Waals surface area contributed by atoms with Crippen molar-refractivity contribution in [3.8, 4) is 0 Å². The van der Waals surface area contributed by atoms with Crippen LogP contribution in [0.15, 0.2) is 0 Å². The number of thioether (sulfide) groups is 1. The Morgan fingerprint density at radius 1 is 1.20 bits per heavy atom. The molecule has 0 saturated carbocycles. The van der Waals surface area contributed by atoms with E-state index in [4.69, 9.17) is 0 Å². The van der Waals surface area contributed by atoms with Gasteiger partial charge in [-0.2, -0.15) is 11.8 Å². The van der Waals surface area contributed by atoms with Gasteiger partial charge in [-0.1, -0.05) is 6.92 Å². The first-order valence-corrected chi connectivity index (χ1v) is 8.34. The van der Waals surface area contributed by atoms with E-state index in [1.165, 1.54) is 12.2 Å². The molecular formula is C9H22N2O2S2. The van der Waals surface area contributed by atoms with Crippen LogP contribution in [-0.4, -0.2) is 45.8 Å². The molecule has 0 aromatic heterocycles. The summed E-state index contributed by atoms with van der Waals surface area (Å²) in [5, 5.41) is 3.13. The van der Waals surface area contributed by atoms with Crippen LogP contribution in [0.4, 0.5) is 0 Å². The Hall–Kier alpha value is 0.220. The van der Waals surface area contributed by atoms with E-state index in [2.05, 4.69) is 16.3 Å².